The van der Waals surface area contributed by atoms with E-state index in [4.69, 9.17) is 14.8 Å². The number of rotatable bonds is 2. The molecule has 0 spiro atoms. The molecular weight excluding hydrogens is 167 g/mol. The van der Waals surface area contributed by atoms with Crippen molar-refractivity contribution in [2.45, 2.75) is 13.8 Å². The van der Waals surface area contributed by atoms with Gasteiger partial charge in [0.05, 0.1) is 7.11 Å². The second kappa shape index (κ2) is 3.81. The molecule has 4 heteroatoms. The van der Waals surface area contributed by atoms with E-state index in [1.165, 1.54) is 0 Å². The van der Waals surface area contributed by atoms with Crippen molar-refractivity contribution in [1.82, 2.24) is 0 Å². The van der Waals surface area contributed by atoms with Crippen LogP contribution in [0.5, 0.6) is 5.75 Å². The van der Waals surface area contributed by atoms with Crippen LogP contribution in [0.4, 0.5) is 0 Å². The monoisotopic (exact) mass is 180 g/mol. The average Bonchev–Trinajstić information content (AvgIpc) is 2.03. The van der Waals surface area contributed by atoms with Gasteiger partial charge in [-0.2, -0.15) is 0 Å². The van der Waals surface area contributed by atoms with Gasteiger partial charge in [-0.25, -0.2) is 0 Å². The number of hydrogen-bond donors (Lipinski definition) is 2. The minimum absolute atomic E-state index is 0.496. The van der Waals surface area contributed by atoms with Crippen LogP contribution in [-0.4, -0.2) is 24.3 Å². The fraction of sp³-hybridized carbons (Fsp3) is 0.333. The lowest BCUT2D eigenvalue weighted by atomic mass is 9.78. The van der Waals surface area contributed by atoms with Gasteiger partial charge in [0, 0.05) is 0 Å². The minimum atomic E-state index is -1.41. The molecule has 0 bridgehead atoms. The molecule has 0 aromatic heterocycles. The third-order valence-corrected chi connectivity index (χ3v) is 1.98. The molecule has 0 fully saturated rings. The Labute approximate surface area is 78.1 Å². The Morgan fingerprint density at radius 1 is 1.15 bits per heavy atom. The van der Waals surface area contributed by atoms with Crippen LogP contribution in [0.1, 0.15) is 11.1 Å². The normalized spacial score (nSPS) is 9.92. The highest BCUT2D eigenvalue weighted by atomic mass is 16.5. The predicted molar refractivity (Wildman–Crippen MR) is 52.3 cm³/mol. The lowest BCUT2D eigenvalue weighted by Crippen LogP contribution is -2.30. The van der Waals surface area contributed by atoms with E-state index in [0.717, 1.165) is 16.9 Å². The van der Waals surface area contributed by atoms with E-state index in [1.54, 1.807) is 19.2 Å². The molecule has 0 heterocycles. The molecule has 0 saturated heterocycles. The van der Waals surface area contributed by atoms with Crippen LogP contribution in [-0.2, 0) is 0 Å². The van der Waals surface area contributed by atoms with Crippen LogP contribution in [0.25, 0.3) is 0 Å². The maximum Gasteiger partial charge on any atom is 0.488 e. The summed E-state index contributed by atoms with van der Waals surface area (Å²) in [6, 6.07) is 3.41. The Bertz CT molecular complexity index is 287. The van der Waals surface area contributed by atoms with Gasteiger partial charge in [-0.15, -0.1) is 0 Å². The SMILES string of the molecule is COc1c(C)cc(B(O)O)cc1C. The van der Waals surface area contributed by atoms with E-state index in [1.807, 2.05) is 13.8 Å². The third kappa shape index (κ3) is 2.02. The van der Waals surface area contributed by atoms with Crippen molar-refractivity contribution in [1.29, 1.82) is 0 Å². The summed E-state index contributed by atoms with van der Waals surface area (Å²) in [6.07, 6.45) is 0. The van der Waals surface area contributed by atoms with Gasteiger partial charge in [-0.3, -0.25) is 0 Å². The first-order valence-corrected chi connectivity index (χ1v) is 4.07. The van der Waals surface area contributed by atoms with Gasteiger partial charge in [0.15, 0.2) is 0 Å². The van der Waals surface area contributed by atoms with E-state index < -0.39 is 7.12 Å². The zero-order valence-electron chi connectivity index (χ0n) is 8.03. The van der Waals surface area contributed by atoms with E-state index in [2.05, 4.69) is 0 Å². The summed E-state index contributed by atoms with van der Waals surface area (Å²) in [5, 5.41) is 17.9. The van der Waals surface area contributed by atoms with E-state index in [9.17, 15) is 0 Å². The molecular formula is C9H13BO3. The van der Waals surface area contributed by atoms with Crippen molar-refractivity contribution < 1.29 is 14.8 Å². The molecule has 1 rings (SSSR count). The second-order valence-electron chi connectivity index (χ2n) is 3.06. The van der Waals surface area contributed by atoms with Crippen LogP contribution < -0.4 is 10.2 Å². The van der Waals surface area contributed by atoms with E-state index in [0.29, 0.717) is 5.46 Å². The quantitative estimate of drug-likeness (QED) is 0.629. The predicted octanol–water partition coefficient (Wildman–Crippen LogP) is -0.00816. The van der Waals surface area contributed by atoms with Crippen molar-refractivity contribution >= 4 is 12.6 Å². The first-order chi connectivity index (χ1) is 6.06. The average molecular weight is 180 g/mol. The smallest absolute Gasteiger partial charge is 0.488 e. The molecule has 3 nitrogen and oxygen atoms in total. The summed E-state index contributed by atoms with van der Waals surface area (Å²) < 4.78 is 5.15. The molecule has 0 atom stereocenters. The number of ether oxygens (including phenoxy) is 1. The largest absolute Gasteiger partial charge is 0.496 e. The van der Waals surface area contributed by atoms with Gasteiger partial charge in [-0.1, -0.05) is 12.1 Å². The highest BCUT2D eigenvalue weighted by molar-refractivity contribution is 6.58. The molecule has 0 aliphatic carbocycles. The van der Waals surface area contributed by atoms with Gasteiger partial charge in [0.25, 0.3) is 0 Å². The van der Waals surface area contributed by atoms with Crippen LogP contribution in [0.3, 0.4) is 0 Å². The van der Waals surface area contributed by atoms with Crippen molar-refractivity contribution in [2.24, 2.45) is 0 Å². The lowest BCUT2D eigenvalue weighted by Gasteiger charge is -2.10. The minimum Gasteiger partial charge on any atom is -0.496 e. The van der Waals surface area contributed by atoms with Crippen LogP contribution in [0.2, 0.25) is 0 Å². The molecule has 0 aliphatic heterocycles. The van der Waals surface area contributed by atoms with Gasteiger partial charge >= 0.3 is 7.12 Å². The molecule has 0 saturated carbocycles. The summed E-state index contributed by atoms with van der Waals surface area (Å²) in [5.74, 6) is 0.796. The van der Waals surface area contributed by atoms with E-state index >= 15 is 0 Å². The second-order valence-corrected chi connectivity index (χ2v) is 3.06. The summed E-state index contributed by atoms with van der Waals surface area (Å²) in [6.45, 7) is 3.75. The summed E-state index contributed by atoms with van der Waals surface area (Å²) >= 11 is 0. The standard InChI is InChI=1S/C9H13BO3/c1-6-4-8(10(11)12)5-7(2)9(6)13-3/h4-5,11-12H,1-3H3. The Morgan fingerprint density at radius 2 is 1.62 bits per heavy atom. The van der Waals surface area contributed by atoms with Crippen molar-refractivity contribution in [2.75, 3.05) is 7.11 Å². The maximum absolute atomic E-state index is 8.95. The Morgan fingerprint density at radius 3 is 1.92 bits per heavy atom. The zero-order chi connectivity index (χ0) is 10.0. The number of aryl methyl sites for hydroxylation is 2. The summed E-state index contributed by atoms with van der Waals surface area (Å²) in [4.78, 5) is 0. The zero-order valence-corrected chi connectivity index (χ0v) is 8.03. The number of benzene rings is 1. The van der Waals surface area contributed by atoms with Crippen molar-refractivity contribution in [3.05, 3.63) is 23.3 Å². The fourth-order valence-corrected chi connectivity index (χ4v) is 1.45. The van der Waals surface area contributed by atoms with Gasteiger partial charge in [-0.05, 0) is 30.4 Å². The molecule has 13 heavy (non-hydrogen) atoms. The van der Waals surface area contributed by atoms with Crippen molar-refractivity contribution in [3.8, 4) is 5.75 Å². The Balaban J connectivity index is 3.20. The Kier molecular flexibility index (Phi) is 2.96. The lowest BCUT2D eigenvalue weighted by molar-refractivity contribution is 0.408. The molecule has 0 amide bonds. The molecule has 70 valence electrons. The molecule has 2 N–H and O–H groups in total. The first kappa shape index (κ1) is 10.1. The Hall–Kier alpha value is -0.995. The van der Waals surface area contributed by atoms with Gasteiger partial charge < -0.3 is 14.8 Å². The molecule has 0 unspecified atom stereocenters. The fourth-order valence-electron chi connectivity index (χ4n) is 1.45. The maximum atomic E-state index is 8.95. The van der Waals surface area contributed by atoms with Gasteiger partial charge in [0.1, 0.15) is 5.75 Å². The molecule has 1 aromatic rings. The van der Waals surface area contributed by atoms with Crippen LogP contribution >= 0.6 is 0 Å². The van der Waals surface area contributed by atoms with E-state index in [-0.39, 0.29) is 0 Å². The number of methoxy groups -OCH3 is 1. The molecule has 1 aromatic carbocycles. The third-order valence-electron chi connectivity index (χ3n) is 1.98. The van der Waals surface area contributed by atoms with Gasteiger partial charge in [0.2, 0.25) is 0 Å². The molecule has 0 aliphatic rings. The van der Waals surface area contributed by atoms with Crippen LogP contribution in [0, 0.1) is 13.8 Å². The number of hydrogen-bond acceptors (Lipinski definition) is 3. The van der Waals surface area contributed by atoms with Crippen LogP contribution in [0.15, 0.2) is 12.1 Å². The topological polar surface area (TPSA) is 49.7 Å². The van der Waals surface area contributed by atoms with Crippen molar-refractivity contribution in [3.63, 3.8) is 0 Å². The first-order valence-electron chi connectivity index (χ1n) is 4.07. The summed E-state index contributed by atoms with van der Waals surface area (Å²) in [7, 11) is 0.188. The molecule has 0 radical (unpaired) electrons. The highest BCUT2D eigenvalue weighted by Crippen LogP contribution is 2.20. The highest BCUT2D eigenvalue weighted by Gasteiger charge is 2.14. The summed E-state index contributed by atoms with van der Waals surface area (Å²) in [5.41, 5.74) is 2.31.